The van der Waals surface area contributed by atoms with E-state index in [1.807, 2.05) is 19.5 Å². The highest BCUT2D eigenvalue weighted by molar-refractivity contribution is 7.09. The average molecular weight is 269 g/mol. The molecule has 6 heteroatoms. The van der Waals surface area contributed by atoms with Crippen molar-refractivity contribution in [3.05, 3.63) is 16.1 Å². The third-order valence-corrected chi connectivity index (χ3v) is 3.98. The number of aromatic nitrogens is 1. The smallest absolute Gasteiger partial charge is 0.225 e. The molecule has 0 bridgehead atoms. The maximum Gasteiger partial charge on any atom is 0.225 e. The number of hydrogen-bond donors (Lipinski definition) is 1. The molecule has 1 aliphatic heterocycles. The van der Waals surface area contributed by atoms with Crippen molar-refractivity contribution in [2.45, 2.75) is 26.0 Å². The number of amides is 1. The fraction of sp³-hybridized carbons (Fsp3) is 0.667. The van der Waals surface area contributed by atoms with Crippen LogP contribution in [0.5, 0.6) is 0 Å². The molecule has 1 aromatic heterocycles. The molecular formula is C12H19N3O2S. The Labute approximate surface area is 111 Å². The van der Waals surface area contributed by atoms with Crippen molar-refractivity contribution in [1.82, 2.24) is 15.2 Å². The molecule has 1 unspecified atom stereocenters. The Bertz CT molecular complexity index is 402. The Hall–Kier alpha value is -0.980. The summed E-state index contributed by atoms with van der Waals surface area (Å²) in [6.07, 6.45) is 0.456. The Morgan fingerprint density at radius 3 is 3.17 bits per heavy atom. The van der Waals surface area contributed by atoms with Gasteiger partial charge in [0.2, 0.25) is 5.91 Å². The lowest BCUT2D eigenvalue weighted by molar-refractivity contribution is -0.133. The van der Waals surface area contributed by atoms with Crippen molar-refractivity contribution in [2.24, 2.45) is 0 Å². The molecule has 18 heavy (non-hydrogen) atoms. The van der Waals surface area contributed by atoms with E-state index in [-0.39, 0.29) is 12.0 Å². The SMILES string of the molecule is Cc1ncsc1CN(C)C(=O)CC1CNCCO1. The van der Waals surface area contributed by atoms with Crippen LogP contribution in [0.15, 0.2) is 5.51 Å². The number of aryl methyl sites for hydroxylation is 1. The zero-order chi connectivity index (χ0) is 13.0. The predicted molar refractivity (Wildman–Crippen MR) is 70.6 cm³/mol. The Morgan fingerprint density at radius 2 is 2.56 bits per heavy atom. The van der Waals surface area contributed by atoms with Gasteiger partial charge in [-0.05, 0) is 6.92 Å². The van der Waals surface area contributed by atoms with Gasteiger partial charge in [0.25, 0.3) is 0 Å². The number of thiazole rings is 1. The Morgan fingerprint density at radius 1 is 1.72 bits per heavy atom. The molecule has 0 aromatic carbocycles. The number of nitrogens with zero attached hydrogens (tertiary/aromatic N) is 2. The molecular weight excluding hydrogens is 250 g/mol. The summed E-state index contributed by atoms with van der Waals surface area (Å²) >= 11 is 1.59. The van der Waals surface area contributed by atoms with E-state index in [0.717, 1.165) is 23.7 Å². The normalized spacial score (nSPS) is 19.8. The summed E-state index contributed by atoms with van der Waals surface area (Å²) in [4.78, 5) is 19.1. The average Bonchev–Trinajstić information content (AvgIpc) is 2.76. The fourth-order valence-electron chi connectivity index (χ4n) is 1.88. The molecule has 1 amide bonds. The molecule has 0 spiro atoms. The van der Waals surface area contributed by atoms with Gasteiger partial charge < -0.3 is 15.0 Å². The third-order valence-electron chi connectivity index (χ3n) is 3.06. The lowest BCUT2D eigenvalue weighted by Gasteiger charge is -2.25. The van der Waals surface area contributed by atoms with E-state index in [0.29, 0.717) is 19.6 Å². The topological polar surface area (TPSA) is 54.5 Å². The second kappa shape index (κ2) is 6.26. The van der Waals surface area contributed by atoms with Crippen LogP contribution in [0.25, 0.3) is 0 Å². The minimum atomic E-state index is 0.0104. The van der Waals surface area contributed by atoms with E-state index in [4.69, 9.17) is 4.74 Å². The summed E-state index contributed by atoms with van der Waals surface area (Å²) in [5.41, 5.74) is 2.83. The first-order chi connectivity index (χ1) is 8.66. The number of rotatable bonds is 4. The minimum Gasteiger partial charge on any atom is -0.375 e. The van der Waals surface area contributed by atoms with Gasteiger partial charge in [-0.25, -0.2) is 4.98 Å². The number of carbonyl (C=O) groups excluding carboxylic acids is 1. The van der Waals surface area contributed by atoms with Crippen LogP contribution in [0, 0.1) is 6.92 Å². The zero-order valence-corrected chi connectivity index (χ0v) is 11.6. The first-order valence-electron chi connectivity index (χ1n) is 6.12. The van der Waals surface area contributed by atoms with Crippen LogP contribution in [-0.2, 0) is 16.1 Å². The van der Waals surface area contributed by atoms with Crippen molar-refractivity contribution in [2.75, 3.05) is 26.7 Å². The minimum absolute atomic E-state index is 0.0104. The van der Waals surface area contributed by atoms with Gasteiger partial charge in [0.05, 0.1) is 36.9 Å². The van der Waals surface area contributed by atoms with Crippen LogP contribution in [-0.4, -0.2) is 48.6 Å². The monoisotopic (exact) mass is 269 g/mol. The van der Waals surface area contributed by atoms with Gasteiger partial charge in [-0.2, -0.15) is 0 Å². The van der Waals surface area contributed by atoms with E-state index in [1.165, 1.54) is 0 Å². The van der Waals surface area contributed by atoms with Crippen molar-refractivity contribution in [3.63, 3.8) is 0 Å². The molecule has 0 saturated carbocycles. The molecule has 1 aromatic rings. The number of carbonyl (C=O) groups is 1. The highest BCUT2D eigenvalue weighted by Gasteiger charge is 2.20. The zero-order valence-electron chi connectivity index (χ0n) is 10.8. The summed E-state index contributed by atoms with van der Waals surface area (Å²) in [6, 6.07) is 0. The molecule has 0 aliphatic carbocycles. The predicted octanol–water partition coefficient (Wildman–Crippen LogP) is 0.788. The summed E-state index contributed by atoms with van der Waals surface area (Å²) in [5.74, 6) is 0.122. The van der Waals surface area contributed by atoms with Crippen molar-refractivity contribution < 1.29 is 9.53 Å². The van der Waals surface area contributed by atoms with Crippen molar-refractivity contribution in [1.29, 1.82) is 0 Å². The molecule has 1 saturated heterocycles. The summed E-state index contributed by atoms with van der Waals surface area (Å²) in [7, 11) is 1.83. The molecule has 5 nitrogen and oxygen atoms in total. The molecule has 2 heterocycles. The number of hydrogen-bond acceptors (Lipinski definition) is 5. The summed E-state index contributed by atoms with van der Waals surface area (Å²) < 4.78 is 5.54. The lowest BCUT2D eigenvalue weighted by atomic mass is 10.2. The van der Waals surface area contributed by atoms with Crippen LogP contribution >= 0.6 is 11.3 Å². The lowest BCUT2D eigenvalue weighted by Crippen LogP contribution is -2.41. The van der Waals surface area contributed by atoms with Crippen molar-refractivity contribution in [3.8, 4) is 0 Å². The molecule has 1 fully saturated rings. The highest BCUT2D eigenvalue weighted by atomic mass is 32.1. The number of ether oxygens (including phenoxy) is 1. The van der Waals surface area contributed by atoms with Gasteiger partial charge in [-0.1, -0.05) is 0 Å². The van der Waals surface area contributed by atoms with Crippen LogP contribution in [0.2, 0.25) is 0 Å². The van der Waals surface area contributed by atoms with Crippen LogP contribution < -0.4 is 5.32 Å². The molecule has 1 aliphatic rings. The van der Waals surface area contributed by atoms with Crippen LogP contribution in [0.3, 0.4) is 0 Å². The van der Waals surface area contributed by atoms with Gasteiger partial charge in [0.1, 0.15) is 0 Å². The van der Waals surface area contributed by atoms with Gasteiger partial charge in [-0.15, -0.1) is 11.3 Å². The van der Waals surface area contributed by atoms with Gasteiger partial charge >= 0.3 is 0 Å². The Kier molecular flexibility index (Phi) is 4.68. The molecule has 100 valence electrons. The van der Waals surface area contributed by atoms with E-state index in [9.17, 15) is 4.79 Å². The van der Waals surface area contributed by atoms with Crippen LogP contribution in [0.4, 0.5) is 0 Å². The second-order valence-corrected chi connectivity index (χ2v) is 5.45. The fourth-order valence-corrected chi connectivity index (χ4v) is 2.71. The van der Waals surface area contributed by atoms with Gasteiger partial charge in [0.15, 0.2) is 0 Å². The number of morpholine rings is 1. The van der Waals surface area contributed by atoms with E-state index < -0.39 is 0 Å². The first-order valence-corrected chi connectivity index (χ1v) is 7.00. The molecule has 1 N–H and O–H groups in total. The van der Waals surface area contributed by atoms with Gasteiger partial charge in [-0.3, -0.25) is 4.79 Å². The number of nitrogens with one attached hydrogen (secondary N) is 1. The Balaban J connectivity index is 1.83. The quantitative estimate of drug-likeness (QED) is 0.878. The summed E-state index contributed by atoms with van der Waals surface area (Å²) in [6.45, 7) is 4.93. The largest absolute Gasteiger partial charge is 0.375 e. The summed E-state index contributed by atoms with van der Waals surface area (Å²) in [5, 5.41) is 3.23. The molecule has 1 atom stereocenters. The first kappa shape index (κ1) is 13.5. The van der Waals surface area contributed by atoms with E-state index in [2.05, 4.69) is 10.3 Å². The molecule has 2 rings (SSSR count). The molecule has 0 radical (unpaired) electrons. The van der Waals surface area contributed by atoms with Crippen LogP contribution in [0.1, 0.15) is 17.0 Å². The van der Waals surface area contributed by atoms with Crippen molar-refractivity contribution >= 4 is 17.2 Å². The van der Waals surface area contributed by atoms with E-state index >= 15 is 0 Å². The van der Waals surface area contributed by atoms with E-state index in [1.54, 1.807) is 16.2 Å². The standard InChI is InChI=1S/C12H19N3O2S/c1-9-11(18-8-14-9)7-15(2)12(16)5-10-6-13-3-4-17-10/h8,10,13H,3-7H2,1-2H3. The second-order valence-electron chi connectivity index (χ2n) is 4.51. The van der Waals surface area contributed by atoms with Gasteiger partial charge in [0, 0.05) is 25.0 Å². The third kappa shape index (κ3) is 3.51. The highest BCUT2D eigenvalue weighted by Crippen LogP contribution is 2.15. The maximum absolute atomic E-state index is 12.1. The maximum atomic E-state index is 12.1.